The van der Waals surface area contributed by atoms with Gasteiger partial charge in [-0.2, -0.15) is 0 Å². The summed E-state index contributed by atoms with van der Waals surface area (Å²) in [4.78, 5) is 0. The van der Waals surface area contributed by atoms with E-state index < -0.39 is 6.54 Å². The van der Waals surface area contributed by atoms with Crippen molar-refractivity contribution < 1.29 is 9.05 Å². The van der Waals surface area contributed by atoms with Gasteiger partial charge in [0.2, 0.25) is 0 Å². The maximum Gasteiger partial charge on any atom is 0.171 e. The van der Waals surface area contributed by atoms with E-state index in [-0.39, 0.29) is 12.2 Å². The van der Waals surface area contributed by atoms with Gasteiger partial charge in [0.05, 0.1) is 12.2 Å². The van der Waals surface area contributed by atoms with Gasteiger partial charge in [0.1, 0.15) is 0 Å². The molecule has 0 aliphatic rings. The van der Waals surface area contributed by atoms with E-state index in [0.717, 1.165) is 0 Å². The Hall–Kier alpha value is 0.570. The highest BCUT2D eigenvalue weighted by atomic mass is 32.7. The molecule has 0 saturated carbocycles. The van der Waals surface area contributed by atoms with E-state index >= 15 is 0 Å². The van der Waals surface area contributed by atoms with Gasteiger partial charge in [-0.1, -0.05) is 12.2 Å². The third-order valence-electron chi connectivity index (χ3n) is 0.751. The lowest BCUT2D eigenvalue weighted by molar-refractivity contribution is 0.185. The predicted molar refractivity (Wildman–Crippen MR) is 55.5 cm³/mol. The van der Waals surface area contributed by atoms with Crippen LogP contribution in [-0.4, -0.2) is 18.5 Å². The van der Waals surface area contributed by atoms with Crippen molar-refractivity contribution in [2.45, 2.75) is 39.9 Å². The zero-order valence-corrected chi connectivity index (χ0v) is 9.36. The summed E-state index contributed by atoms with van der Waals surface area (Å²) in [5.41, 5.74) is 0. The first kappa shape index (κ1) is 11.6. The van der Waals surface area contributed by atoms with E-state index in [9.17, 15) is 0 Å². The molecule has 4 heteroatoms. The molecule has 0 aromatic heterocycles. The van der Waals surface area contributed by atoms with Crippen molar-refractivity contribution in [1.82, 2.24) is 0 Å². The van der Waals surface area contributed by atoms with Gasteiger partial charge in [0.25, 0.3) is 0 Å². The molecule has 0 radical (unpaired) electrons. The lowest BCUT2D eigenvalue weighted by Crippen LogP contribution is -2.04. The second kappa shape index (κ2) is 4.56. The Morgan fingerprint density at radius 1 is 1.09 bits per heavy atom. The topological polar surface area (TPSA) is 18.5 Å². The molecule has 0 aliphatic carbocycles. The van der Waals surface area contributed by atoms with Gasteiger partial charge >= 0.3 is 0 Å². The third kappa shape index (κ3) is 6.95. The van der Waals surface area contributed by atoms with Crippen LogP contribution in [0.25, 0.3) is 0 Å². The first-order valence-electron chi connectivity index (χ1n) is 3.66. The van der Waals surface area contributed by atoms with Gasteiger partial charge in [0, 0.05) is 0 Å². The van der Waals surface area contributed by atoms with E-state index in [1.165, 1.54) is 0 Å². The Bertz CT molecular complexity index is 143. The molecule has 0 aromatic carbocycles. The van der Waals surface area contributed by atoms with E-state index in [1.54, 1.807) is 0 Å². The lowest BCUT2D eigenvalue weighted by Gasteiger charge is -2.23. The predicted octanol–water partition coefficient (Wildman–Crippen LogP) is 2.96. The van der Waals surface area contributed by atoms with Crippen molar-refractivity contribution in [3.63, 3.8) is 0 Å². The fourth-order valence-electron chi connectivity index (χ4n) is 0.684. The normalized spacial score (nSPS) is 13.0. The summed E-state index contributed by atoms with van der Waals surface area (Å²) in [5, 5.41) is 0. The zero-order chi connectivity index (χ0) is 9.07. The van der Waals surface area contributed by atoms with Gasteiger partial charge < -0.3 is 9.05 Å². The van der Waals surface area contributed by atoms with Gasteiger partial charge in [-0.15, -0.1) is 0 Å². The maximum absolute atomic E-state index is 5.39. The monoisotopic (exact) mass is 196 g/mol. The summed E-state index contributed by atoms with van der Waals surface area (Å²) < 4.78 is 10.8. The number of rotatable bonds is 4. The molecule has 2 nitrogen and oxygen atoms in total. The van der Waals surface area contributed by atoms with Crippen LogP contribution in [-0.2, 0) is 9.05 Å². The van der Waals surface area contributed by atoms with Crippen LogP contribution in [0.1, 0.15) is 27.7 Å². The fraction of sp³-hybridized carbons (Fsp3) is 0.857. The van der Waals surface area contributed by atoms with Crippen LogP contribution in [0.3, 0.4) is 0 Å². The van der Waals surface area contributed by atoms with E-state index in [1.807, 2.05) is 27.7 Å². The molecule has 0 spiro atoms. The summed E-state index contributed by atoms with van der Waals surface area (Å²) >= 11 is 4.22. The highest BCUT2D eigenvalue weighted by Gasteiger charge is 2.13. The molecular formula is C7H17O2PS. The summed E-state index contributed by atoms with van der Waals surface area (Å²) in [6, 6.07) is 0. The number of hydrogen-bond acceptors (Lipinski definition) is 3. The average Bonchev–Trinajstić information content (AvgIpc) is 1.53. The quantitative estimate of drug-likeness (QED) is 0.550. The SMILES string of the molecule is C=P(S)(OC(C)C)OC(C)C. The molecule has 0 amide bonds. The van der Waals surface area contributed by atoms with E-state index in [2.05, 4.69) is 18.5 Å². The second-order valence-electron chi connectivity index (χ2n) is 2.95. The molecule has 0 rings (SSSR count). The second-order valence-corrected chi connectivity index (χ2v) is 6.47. The van der Waals surface area contributed by atoms with Crippen LogP contribution in [0.2, 0.25) is 0 Å². The van der Waals surface area contributed by atoms with Crippen molar-refractivity contribution in [2.24, 2.45) is 0 Å². The minimum Gasteiger partial charge on any atom is -0.327 e. The van der Waals surface area contributed by atoms with Crippen LogP contribution < -0.4 is 0 Å². The molecule has 0 aliphatic heterocycles. The molecule has 0 atom stereocenters. The minimum atomic E-state index is -2.11. The number of thiol groups is 1. The Labute approximate surface area is 74.6 Å². The summed E-state index contributed by atoms with van der Waals surface area (Å²) in [5.74, 6) is 0. The molecule has 0 aromatic rings. The smallest absolute Gasteiger partial charge is 0.171 e. The minimum absolute atomic E-state index is 0.122. The summed E-state index contributed by atoms with van der Waals surface area (Å²) in [7, 11) is 0. The Kier molecular flexibility index (Phi) is 4.80. The third-order valence-corrected chi connectivity index (χ3v) is 2.82. The van der Waals surface area contributed by atoms with Crippen molar-refractivity contribution in [3.05, 3.63) is 0 Å². The number of hydrogen-bond donors (Lipinski definition) is 1. The van der Waals surface area contributed by atoms with Crippen molar-refractivity contribution in [1.29, 1.82) is 0 Å². The van der Waals surface area contributed by atoms with Crippen LogP contribution >= 0.6 is 18.8 Å². The molecule has 0 bridgehead atoms. The van der Waals surface area contributed by atoms with E-state index in [4.69, 9.17) is 9.05 Å². The van der Waals surface area contributed by atoms with Crippen LogP contribution in [0.5, 0.6) is 0 Å². The summed E-state index contributed by atoms with van der Waals surface area (Å²) in [6.07, 6.45) is 4.03. The van der Waals surface area contributed by atoms with Gasteiger partial charge in [0.15, 0.2) is 6.54 Å². The summed E-state index contributed by atoms with van der Waals surface area (Å²) in [6.45, 7) is 5.67. The Balaban J connectivity index is 3.91. The molecule has 0 unspecified atom stereocenters. The molecule has 0 fully saturated rings. The highest BCUT2D eigenvalue weighted by molar-refractivity contribution is 8.47. The molecule has 0 heterocycles. The highest BCUT2D eigenvalue weighted by Crippen LogP contribution is 2.54. The van der Waals surface area contributed by atoms with Crippen LogP contribution in [0, 0.1) is 0 Å². The zero-order valence-electron chi connectivity index (χ0n) is 7.57. The molecule has 0 saturated heterocycles. The average molecular weight is 196 g/mol. The van der Waals surface area contributed by atoms with Crippen LogP contribution in [0.4, 0.5) is 0 Å². The Morgan fingerprint density at radius 3 is 1.55 bits per heavy atom. The first-order valence-corrected chi connectivity index (χ1v) is 6.62. The first-order chi connectivity index (χ1) is 4.83. The Morgan fingerprint density at radius 2 is 1.36 bits per heavy atom. The van der Waals surface area contributed by atoms with Crippen LogP contribution in [0.15, 0.2) is 0 Å². The van der Waals surface area contributed by atoms with E-state index in [0.29, 0.717) is 0 Å². The fourth-order valence-corrected chi connectivity index (χ4v) is 3.18. The van der Waals surface area contributed by atoms with Gasteiger partial charge in [-0.05, 0) is 34.0 Å². The molecule has 11 heavy (non-hydrogen) atoms. The molecule has 0 N–H and O–H groups in total. The van der Waals surface area contributed by atoms with Crippen molar-refractivity contribution in [3.8, 4) is 0 Å². The standard InChI is InChI=1S/C7H17O2PS/c1-6(2)8-10(5,11)9-7(3)4/h6-7,11H,5H2,1-4H3. The largest absolute Gasteiger partial charge is 0.327 e. The van der Waals surface area contributed by atoms with Gasteiger partial charge in [-0.25, -0.2) is 0 Å². The van der Waals surface area contributed by atoms with Crippen molar-refractivity contribution >= 4 is 25.1 Å². The molecule has 68 valence electrons. The maximum atomic E-state index is 5.39. The molecular weight excluding hydrogens is 179 g/mol. The van der Waals surface area contributed by atoms with Crippen molar-refractivity contribution in [2.75, 3.05) is 0 Å². The van der Waals surface area contributed by atoms with Gasteiger partial charge in [-0.3, -0.25) is 0 Å². The lowest BCUT2D eigenvalue weighted by atomic mass is 10.5.